The minimum Gasteiger partial charge on any atom is -0.347 e. The first-order chi connectivity index (χ1) is 26.1. The molecule has 6 aromatic rings. The average molecular weight is 743 g/mol. The van der Waals surface area contributed by atoms with Crippen LogP contribution < -0.4 is 21.2 Å². The van der Waals surface area contributed by atoms with Gasteiger partial charge in [0.05, 0.1) is 0 Å². The lowest BCUT2D eigenvalue weighted by atomic mass is 9.97. The molecule has 1 aliphatic rings. The van der Waals surface area contributed by atoms with Gasteiger partial charge >= 0.3 is 0 Å². The van der Waals surface area contributed by atoms with E-state index in [2.05, 4.69) is 48.5 Å². The number of benzene rings is 6. The third-order valence-corrected chi connectivity index (χ3v) is 15.5. The first-order valence-electron chi connectivity index (χ1n) is 17.5. The fourth-order valence-corrected chi connectivity index (χ4v) is 12.9. The summed E-state index contributed by atoms with van der Waals surface area (Å²) in [6, 6.07) is 61.5. The third kappa shape index (κ3) is 6.80. The van der Waals surface area contributed by atoms with Crippen LogP contribution in [0.3, 0.4) is 0 Å². The predicted molar refractivity (Wildman–Crippen MR) is 215 cm³/mol. The van der Waals surface area contributed by atoms with E-state index in [0.717, 1.165) is 32.3 Å². The van der Waals surface area contributed by atoms with Gasteiger partial charge in [-0.15, -0.1) is 0 Å². The van der Waals surface area contributed by atoms with Gasteiger partial charge in [0.15, 0.2) is 12.2 Å². The second-order valence-electron chi connectivity index (χ2n) is 12.5. The first kappa shape index (κ1) is 37.3. The lowest BCUT2D eigenvalue weighted by molar-refractivity contribution is -0.244. The van der Waals surface area contributed by atoms with E-state index in [9.17, 15) is 0 Å². The van der Waals surface area contributed by atoms with Gasteiger partial charge in [-0.3, -0.25) is 0 Å². The summed E-state index contributed by atoms with van der Waals surface area (Å²) in [5, 5.41) is 4.19. The Hall–Kier alpha value is -4.06. The van der Waals surface area contributed by atoms with E-state index in [4.69, 9.17) is 28.4 Å². The SMILES string of the molecule is COC(OC)(C1OC(c2ccccc2)(c2ccccc2)OC1C(OC)(OC)P(c1ccccc1)c1ccccc1)P(c1ccccc1)c1ccccc1. The molecule has 0 aromatic heterocycles. The van der Waals surface area contributed by atoms with E-state index in [1.165, 1.54) is 0 Å². The van der Waals surface area contributed by atoms with Crippen LogP contribution in [0, 0.1) is 0 Å². The second-order valence-corrected chi connectivity index (χ2v) is 17.2. The number of hydrogen-bond acceptors (Lipinski definition) is 6. The van der Waals surface area contributed by atoms with Crippen LogP contribution in [0.4, 0.5) is 0 Å². The fraction of sp³-hybridized carbons (Fsp3) is 0.200. The molecule has 0 saturated carbocycles. The topological polar surface area (TPSA) is 55.4 Å². The summed E-state index contributed by atoms with van der Waals surface area (Å²) in [7, 11) is 3.85. The molecule has 0 amide bonds. The molecule has 0 N–H and O–H groups in total. The number of methoxy groups -OCH3 is 4. The highest BCUT2D eigenvalue weighted by Gasteiger charge is 2.69. The molecule has 6 aromatic carbocycles. The normalized spacial score (nSPS) is 17.3. The lowest BCUT2D eigenvalue weighted by Gasteiger charge is -2.48. The van der Waals surface area contributed by atoms with Gasteiger partial charge < -0.3 is 28.4 Å². The molecule has 8 heteroatoms. The molecular weight excluding hydrogens is 698 g/mol. The highest BCUT2D eigenvalue weighted by Crippen LogP contribution is 2.63. The van der Waals surface area contributed by atoms with Crippen molar-refractivity contribution in [3.05, 3.63) is 193 Å². The molecule has 7 rings (SSSR count). The fourth-order valence-electron chi connectivity index (χ4n) is 7.37. The predicted octanol–water partition coefficient (Wildman–Crippen LogP) is 7.83. The van der Waals surface area contributed by atoms with Gasteiger partial charge in [-0.05, 0) is 21.2 Å². The molecule has 53 heavy (non-hydrogen) atoms. The molecule has 1 saturated heterocycles. The van der Waals surface area contributed by atoms with E-state index in [-0.39, 0.29) is 0 Å². The summed E-state index contributed by atoms with van der Waals surface area (Å²) < 4.78 is 42.5. The summed E-state index contributed by atoms with van der Waals surface area (Å²) in [5.41, 5.74) is -1.23. The molecule has 0 bridgehead atoms. The summed E-state index contributed by atoms with van der Waals surface area (Å²) in [6.07, 6.45) is -1.86. The van der Waals surface area contributed by atoms with Crippen molar-refractivity contribution in [2.24, 2.45) is 0 Å². The number of hydrogen-bond donors (Lipinski definition) is 0. The maximum atomic E-state index is 7.63. The molecule has 2 atom stereocenters. The van der Waals surface area contributed by atoms with Crippen LogP contribution in [-0.4, -0.2) is 51.7 Å². The van der Waals surface area contributed by atoms with Crippen molar-refractivity contribution in [3.8, 4) is 0 Å². The molecule has 1 aliphatic heterocycles. The molecular formula is C45H44O6P2. The Morgan fingerprint density at radius 1 is 0.377 bits per heavy atom. The minimum absolute atomic E-state index is 0.813. The lowest BCUT2D eigenvalue weighted by Crippen LogP contribution is -2.60. The van der Waals surface area contributed by atoms with Crippen molar-refractivity contribution in [3.63, 3.8) is 0 Å². The summed E-state index contributed by atoms with van der Waals surface area (Å²) in [5.74, 6) is -1.41. The van der Waals surface area contributed by atoms with E-state index in [1.807, 2.05) is 133 Å². The molecule has 1 heterocycles. The molecule has 2 unspecified atom stereocenters. The minimum atomic E-state index is -1.45. The maximum absolute atomic E-state index is 7.63. The smallest absolute Gasteiger partial charge is 0.224 e. The van der Waals surface area contributed by atoms with Gasteiger partial charge in [0.2, 0.25) is 16.8 Å². The number of ether oxygens (including phenoxy) is 6. The van der Waals surface area contributed by atoms with Gasteiger partial charge in [-0.2, -0.15) is 0 Å². The van der Waals surface area contributed by atoms with Crippen LogP contribution >= 0.6 is 15.8 Å². The summed E-state index contributed by atoms with van der Waals surface area (Å²) in [6.45, 7) is 0. The third-order valence-electron chi connectivity index (χ3n) is 9.74. The van der Waals surface area contributed by atoms with Crippen molar-refractivity contribution in [1.82, 2.24) is 0 Å². The highest BCUT2D eigenvalue weighted by atomic mass is 31.1. The van der Waals surface area contributed by atoms with Crippen molar-refractivity contribution < 1.29 is 28.4 Å². The van der Waals surface area contributed by atoms with Gasteiger partial charge in [-0.1, -0.05) is 182 Å². The Bertz CT molecular complexity index is 1770. The van der Waals surface area contributed by atoms with Crippen LogP contribution in [0.1, 0.15) is 11.1 Å². The van der Waals surface area contributed by atoms with Crippen LogP contribution in [0.2, 0.25) is 0 Å². The Labute approximate surface area is 315 Å². The Morgan fingerprint density at radius 3 is 0.830 bits per heavy atom. The van der Waals surface area contributed by atoms with E-state index in [0.29, 0.717) is 0 Å². The van der Waals surface area contributed by atoms with Crippen molar-refractivity contribution in [1.29, 1.82) is 0 Å². The Balaban J connectivity index is 1.55. The maximum Gasteiger partial charge on any atom is 0.224 e. The molecule has 0 aliphatic carbocycles. The van der Waals surface area contributed by atoms with Crippen LogP contribution in [0.25, 0.3) is 0 Å². The molecule has 0 radical (unpaired) electrons. The Morgan fingerprint density at radius 2 is 0.604 bits per heavy atom. The van der Waals surface area contributed by atoms with E-state index in [1.54, 1.807) is 28.4 Å². The van der Waals surface area contributed by atoms with E-state index >= 15 is 0 Å². The van der Waals surface area contributed by atoms with Gasteiger partial charge in [0.1, 0.15) is 0 Å². The van der Waals surface area contributed by atoms with Crippen LogP contribution in [0.5, 0.6) is 0 Å². The van der Waals surface area contributed by atoms with Crippen molar-refractivity contribution >= 4 is 37.1 Å². The van der Waals surface area contributed by atoms with Crippen molar-refractivity contribution in [2.45, 2.75) is 29.1 Å². The van der Waals surface area contributed by atoms with E-state index < -0.39 is 44.9 Å². The van der Waals surface area contributed by atoms with Crippen LogP contribution in [-0.2, 0) is 34.2 Å². The summed E-state index contributed by atoms with van der Waals surface area (Å²) in [4.78, 5) is 0. The largest absolute Gasteiger partial charge is 0.347 e. The van der Waals surface area contributed by atoms with Gasteiger partial charge in [-0.25, -0.2) is 0 Å². The second kappa shape index (κ2) is 16.5. The molecule has 0 spiro atoms. The first-order valence-corrected chi connectivity index (χ1v) is 20.2. The monoisotopic (exact) mass is 742 g/mol. The quantitative estimate of drug-likeness (QED) is 0.0839. The van der Waals surface area contributed by atoms with Gasteiger partial charge in [0.25, 0.3) is 0 Å². The molecule has 270 valence electrons. The molecule has 6 nitrogen and oxygen atoms in total. The summed E-state index contributed by atoms with van der Waals surface area (Å²) >= 11 is 0. The van der Waals surface area contributed by atoms with Crippen LogP contribution in [0.15, 0.2) is 182 Å². The van der Waals surface area contributed by atoms with Crippen molar-refractivity contribution in [2.75, 3.05) is 28.4 Å². The average Bonchev–Trinajstić information content (AvgIpc) is 3.67. The highest BCUT2D eigenvalue weighted by molar-refractivity contribution is 7.74. The standard InChI is InChI=1S/C45H44O6P2/c1-46-44(47-2,52(37-27-15-7-16-28-37)38-29-17-8-18-30-38)41-42(51-43(50-41,35-23-11-5-12-24-35)36-25-13-6-14-26-36)45(48-3,49-4)53(39-31-19-9-20-32-39)40-33-21-10-22-34-40/h5-34,41-42H,1-4H3. The molecule has 1 fully saturated rings. The van der Waals surface area contributed by atoms with Gasteiger partial charge in [0, 0.05) is 55.4 Å². The zero-order valence-corrected chi connectivity index (χ0v) is 32.1. The Kier molecular flexibility index (Phi) is 11.6. The zero-order valence-electron chi connectivity index (χ0n) is 30.3. The zero-order chi connectivity index (χ0) is 36.7. The number of rotatable bonds is 14.